The van der Waals surface area contributed by atoms with Crippen molar-refractivity contribution in [2.75, 3.05) is 40.3 Å². The zero-order valence-electron chi connectivity index (χ0n) is 14.2. The van der Waals surface area contributed by atoms with Gasteiger partial charge in [0, 0.05) is 33.7 Å². The molecule has 0 spiro atoms. The Morgan fingerprint density at radius 2 is 1.74 bits per heavy atom. The molecule has 130 valence electrons. The van der Waals surface area contributed by atoms with Gasteiger partial charge in [0.05, 0.1) is 17.1 Å². The van der Waals surface area contributed by atoms with Gasteiger partial charge in [-0.3, -0.25) is 4.90 Å². The Hall–Kier alpha value is -1.15. The Balaban J connectivity index is 1.85. The molecule has 0 N–H and O–H groups in total. The maximum Gasteiger partial charge on any atom is 0.242 e. The van der Waals surface area contributed by atoms with E-state index in [1.165, 1.54) is 18.4 Å². The van der Waals surface area contributed by atoms with Crippen LogP contribution >= 0.6 is 0 Å². The predicted molar refractivity (Wildman–Crippen MR) is 89.3 cm³/mol. The SMILES string of the molecule is CC1CN(CCOc2ccc(S(=O)(=O)N(C)C)cc2)CC(C)O1. The van der Waals surface area contributed by atoms with Gasteiger partial charge >= 0.3 is 0 Å². The van der Waals surface area contributed by atoms with Crippen LogP contribution in [0.15, 0.2) is 29.2 Å². The first-order valence-corrected chi connectivity index (χ1v) is 9.26. The van der Waals surface area contributed by atoms with E-state index in [9.17, 15) is 8.42 Å². The summed E-state index contributed by atoms with van der Waals surface area (Å²) in [6, 6.07) is 6.54. The van der Waals surface area contributed by atoms with Crippen LogP contribution in [0.1, 0.15) is 13.8 Å². The second-order valence-electron chi connectivity index (χ2n) is 6.12. The monoisotopic (exact) mass is 342 g/mol. The zero-order chi connectivity index (χ0) is 17.0. The Bertz CT molecular complexity index is 591. The van der Waals surface area contributed by atoms with E-state index >= 15 is 0 Å². The van der Waals surface area contributed by atoms with Crippen molar-refractivity contribution >= 4 is 10.0 Å². The van der Waals surface area contributed by atoms with Gasteiger partial charge in [-0.2, -0.15) is 0 Å². The molecule has 0 aromatic heterocycles. The number of benzene rings is 1. The Morgan fingerprint density at radius 1 is 1.17 bits per heavy atom. The molecule has 0 radical (unpaired) electrons. The number of rotatable bonds is 6. The minimum Gasteiger partial charge on any atom is -0.492 e. The normalized spacial score (nSPS) is 23.2. The number of nitrogens with zero attached hydrogens (tertiary/aromatic N) is 2. The standard InChI is InChI=1S/C16H26N2O4S/c1-13-11-18(12-14(2)22-13)9-10-21-15-5-7-16(8-6-15)23(19,20)17(3)4/h5-8,13-14H,9-12H2,1-4H3. The topological polar surface area (TPSA) is 59.1 Å². The second-order valence-corrected chi connectivity index (χ2v) is 8.28. The van der Waals surface area contributed by atoms with Gasteiger partial charge in [0.25, 0.3) is 0 Å². The molecule has 0 aliphatic carbocycles. The van der Waals surface area contributed by atoms with Crippen LogP contribution in [0.25, 0.3) is 0 Å². The molecule has 1 aromatic rings. The van der Waals surface area contributed by atoms with Gasteiger partial charge in [-0.25, -0.2) is 12.7 Å². The third-order valence-corrected chi connectivity index (χ3v) is 5.60. The Labute approximate surface area is 139 Å². The molecule has 1 aliphatic heterocycles. The van der Waals surface area contributed by atoms with E-state index in [-0.39, 0.29) is 17.1 Å². The minimum atomic E-state index is -3.39. The van der Waals surface area contributed by atoms with Crippen molar-refractivity contribution in [1.29, 1.82) is 0 Å². The summed E-state index contributed by atoms with van der Waals surface area (Å²) in [7, 11) is -0.352. The molecule has 0 bridgehead atoms. The summed E-state index contributed by atoms with van der Waals surface area (Å²) in [6.07, 6.45) is 0.489. The van der Waals surface area contributed by atoms with Crippen LogP contribution in [0.3, 0.4) is 0 Å². The fourth-order valence-electron chi connectivity index (χ4n) is 2.68. The van der Waals surface area contributed by atoms with Crippen molar-refractivity contribution in [3.8, 4) is 5.75 Å². The molecule has 0 saturated carbocycles. The highest BCUT2D eigenvalue weighted by molar-refractivity contribution is 7.89. The first-order valence-electron chi connectivity index (χ1n) is 7.82. The van der Waals surface area contributed by atoms with Crippen LogP contribution in [0.2, 0.25) is 0 Å². The van der Waals surface area contributed by atoms with Crippen molar-refractivity contribution < 1.29 is 17.9 Å². The number of hydrogen-bond donors (Lipinski definition) is 0. The molecule has 7 heteroatoms. The summed E-state index contributed by atoms with van der Waals surface area (Å²) in [6.45, 7) is 7.37. The van der Waals surface area contributed by atoms with Crippen LogP contribution < -0.4 is 4.74 Å². The lowest BCUT2D eigenvalue weighted by Crippen LogP contribution is -2.46. The van der Waals surface area contributed by atoms with Crippen LogP contribution in [0, 0.1) is 0 Å². The average Bonchev–Trinajstić information content (AvgIpc) is 2.46. The highest BCUT2D eigenvalue weighted by Gasteiger charge is 2.21. The van der Waals surface area contributed by atoms with Gasteiger partial charge in [0.2, 0.25) is 10.0 Å². The van der Waals surface area contributed by atoms with Gasteiger partial charge < -0.3 is 9.47 Å². The molecular weight excluding hydrogens is 316 g/mol. The number of morpholine rings is 1. The smallest absolute Gasteiger partial charge is 0.242 e. The fraction of sp³-hybridized carbons (Fsp3) is 0.625. The summed E-state index contributed by atoms with van der Waals surface area (Å²) in [4.78, 5) is 2.59. The van der Waals surface area contributed by atoms with Crippen LogP contribution in [0.5, 0.6) is 5.75 Å². The second kappa shape index (κ2) is 7.61. The highest BCUT2D eigenvalue weighted by atomic mass is 32.2. The van der Waals surface area contributed by atoms with E-state index in [2.05, 4.69) is 18.7 Å². The fourth-order valence-corrected chi connectivity index (χ4v) is 3.58. The van der Waals surface area contributed by atoms with Gasteiger partial charge in [-0.1, -0.05) is 0 Å². The van der Waals surface area contributed by atoms with Gasteiger partial charge in [-0.05, 0) is 38.1 Å². The van der Waals surface area contributed by atoms with E-state index in [1.807, 2.05) is 0 Å². The molecule has 1 fully saturated rings. The van der Waals surface area contributed by atoms with Crippen LogP contribution in [-0.2, 0) is 14.8 Å². The Kier molecular flexibility index (Phi) is 6.02. The third kappa shape index (κ3) is 4.91. The molecule has 1 aromatic carbocycles. The quantitative estimate of drug-likeness (QED) is 0.783. The van der Waals surface area contributed by atoms with E-state index in [0.29, 0.717) is 12.4 Å². The molecule has 1 heterocycles. The summed E-state index contributed by atoms with van der Waals surface area (Å²) < 4.78 is 36.6. The number of ether oxygens (including phenoxy) is 2. The lowest BCUT2D eigenvalue weighted by Gasteiger charge is -2.35. The molecule has 1 saturated heterocycles. The van der Waals surface area contributed by atoms with Crippen LogP contribution in [0.4, 0.5) is 0 Å². The molecule has 23 heavy (non-hydrogen) atoms. The minimum absolute atomic E-state index is 0.245. The average molecular weight is 342 g/mol. The summed E-state index contributed by atoms with van der Waals surface area (Å²) in [5.41, 5.74) is 0. The van der Waals surface area contributed by atoms with E-state index in [1.54, 1.807) is 24.3 Å². The summed E-state index contributed by atoms with van der Waals surface area (Å²) in [5, 5.41) is 0. The zero-order valence-corrected chi connectivity index (χ0v) is 15.0. The number of hydrogen-bond acceptors (Lipinski definition) is 5. The lowest BCUT2D eigenvalue weighted by atomic mass is 10.2. The van der Waals surface area contributed by atoms with E-state index in [4.69, 9.17) is 9.47 Å². The van der Waals surface area contributed by atoms with Crippen molar-refractivity contribution in [3.05, 3.63) is 24.3 Å². The van der Waals surface area contributed by atoms with Crippen molar-refractivity contribution in [2.24, 2.45) is 0 Å². The van der Waals surface area contributed by atoms with E-state index < -0.39 is 10.0 Å². The molecule has 2 unspecified atom stereocenters. The maximum atomic E-state index is 12.0. The molecular formula is C16H26N2O4S. The van der Waals surface area contributed by atoms with Gasteiger partial charge in [0.15, 0.2) is 0 Å². The molecule has 2 atom stereocenters. The lowest BCUT2D eigenvalue weighted by molar-refractivity contribution is -0.0699. The first-order chi connectivity index (χ1) is 10.8. The third-order valence-electron chi connectivity index (χ3n) is 3.77. The number of sulfonamides is 1. The maximum absolute atomic E-state index is 12.0. The van der Waals surface area contributed by atoms with Crippen molar-refractivity contribution in [2.45, 2.75) is 31.0 Å². The van der Waals surface area contributed by atoms with Crippen molar-refractivity contribution in [3.63, 3.8) is 0 Å². The van der Waals surface area contributed by atoms with Crippen LogP contribution in [-0.4, -0.2) is 70.2 Å². The molecule has 0 amide bonds. The van der Waals surface area contributed by atoms with E-state index in [0.717, 1.165) is 19.6 Å². The molecule has 2 rings (SSSR count). The first kappa shape index (κ1) is 18.2. The van der Waals surface area contributed by atoms with Gasteiger partial charge in [0.1, 0.15) is 12.4 Å². The predicted octanol–water partition coefficient (Wildman–Crippen LogP) is 1.42. The highest BCUT2D eigenvalue weighted by Crippen LogP contribution is 2.18. The molecule has 1 aliphatic rings. The Morgan fingerprint density at radius 3 is 2.26 bits per heavy atom. The molecule has 6 nitrogen and oxygen atoms in total. The summed E-state index contributed by atoms with van der Waals surface area (Å²) in [5.74, 6) is 0.678. The van der Waals surface area contributed by atoms with Gasteiger partial charge in [-0.15, -0.1) is 0 Å². The van der Waals surface area contributed by atoms with Crippen molar-refractivity contribution in [1.82, 2.24) is 9.21 Å². The summed E-state index contributed by atoms with van der Waals surface area (Å²) >= 11 is 0. The largest absolute Gasteiger partial charge is 0.492 e.